The van der Waals surface area contributed by atoms with E-state index in [1.807, 2.05) is 25.1 Å². The van der Waals surface area contributed by atoms with Crippen LogP contribution in [0.4, 0.5) is 21.7 Å². The van der Waals surface area contributed by atoms with Gasteiger partial charge in [-0.05, 0) is 30.7 Å². The highest BCUT2D eigenvalue weighted by Crippen LogP contribution is 2.27. The number of benzene rings is 1. The Morgan fingerprint density at radius 2 is 2.09 bits per heavy atom. The molecule has 0 atom stereocenters. The molecule has 4 N–H and O–H groups in total. The van der Waals surface area contributed by atoms with Gasteiger partial charge in [0.15, 0.2) is 11.6 Å². The van der Waals surface area contributed by atoms with Crippen molar-refractivity contribution in [2.24, 2.45) is 10.7 Å². The lowest BCUT2D eigenvalue weighted by Gasteiger charge is -2.13. The van der Waals surface area contributed by atoms with Gasteiger partial charge in [0.05, 0.1) is 12.1 Å². The van der Waals surface area contributed by atoms with Crippen LogP contribution in [0, 0.1) is 5.82 Å². The Hall–Kier alpha value is -2.96. The van der Waals surface area contributed by atoms with Crippen LogP contribution in [0.3, 0.4) is 0 Å². The van der Waals surface area contributed by atoms with E-state index in [9.17, 15) is 9.18 Å². The largest absolute Gasteiger partial charge is 0.371 e. The van der Waals surface area contributed by atoms with Gasteiger partial charge in [0.2, 0.25) is 0 Å². The van der Waals surface area contributed by atoms with Crippen LogP contribution in [0.2, 0.25) is 0 Å². The summed E-state index contributed by atoms with van der Waals surface area (Å²) in [6, 6.07) is 6.82. The van der Waals surface area contributed by atoms with Crippen LogP contribution in [0.25, 0.3) is 0 Å². The number of hydrogen-bond acceptors (Lipinski definition) is 5. The van der Waals surface area contributed by atoms with E-state index < -0.39 is 11.7 Å². The van der Waals surface area contributed by atoms with Gasteiger partial charge in [-0.2, -0.15) is 0 Å². The summed E-state index contributed by atoms with van der Waals surface area (Å²) in [5, 5.41) is 5.67. The van der Waals surface area contributed by atoms with Crippen LogP contribution in [0.5, 0.6) is 0 Å². The molecule has 1 aromatic heterocycles. The van der Waals surface area contributed by atoms with Crippen LogP contribution in [-0.2, 0) is 6.54 Å². The number of hydrogen-bond donors (Lipinski definition) is 3. The first-order chi connectivity index (χ1) is 11.0. The molecule has 1 amide bonds. The predicted molar refractivity (Wildman–Crippen MR) is 87.9 cm³/mol. The topological polar surface area (TPSA) is 92.4 Å². The third kappa shape index (κ3) is 2.73. The van der Waals surface area contributed by atoms with E-state index in [1.165, 1.54) is 0 Å². The molecule has 0 fully saturated rings. The highest BCUT2D eigenvalue weighted by molar-refractivity contribution is 6.03. The molecule has 23 heavy (non-hydrogen) atoms. The van der Waals surface area contributed by atoms with Crippen molar-refractivity contribution in [2.45, 2.75) is 13.5 Å². The average molecular weight is 313 g/mol. The van der Waals surface area contributed by atoms with E-state index >= 15 is 0 Å². The Morgan fingerprint density at radius 3 is 2.78 bits per heavy atom. The zero-order valence-corrected chi connectivity index (χ0v) is 12.8. The maximum Gasteiger partial charge on any atom is 0.252 e. The molecular formula is C16H16FN5O. The van der Waals surface area contributed by atoms with E-state index in [0.29, 0.717) is 6.54 Å². The summed E-state index contributed by atoms with van der Waals surface area (Å²) in [5.74, 6) is -1.14. The van der Waals surface area contributed by atoms with Gasteiger partial charge in [-0.15, -0.1) is 0 Å². The number of primary amides is 1. The molecule has 1 aliphatic heterocycles. The van der Waals surface area contributed by atoms with E-state index in [-0.39, 0.29) is 17.2 Å². The normalized spacial score (nSPS) is 12.6. The number of carbonyl (C=O) groups excluding carboxylic acids is 1. The maximum absolute atomic E-state index is 13.8. The third-order valence-electron chi connectivity index (χ3n) is 3.73. The molecule has 0 radical (unpaired) electrons. The molecule has 6 nitrogen and oxygen atoms in total. The second-order valence-electron chi connectivity index (χ2n) is 5.23. The molecule has 0 saturated carbocycles. The minimum absolute atomic E-state index is 0.00705. The molecule has 1 aliphatic rings. The minimum atomic E-state index is -0.750. The smallest absolute Gasteiger partial charge is 0.252 e. The number of fused-ring (bicyclic) bond motifs is 1. The summed E-state index contributed by atoms with van der Waals surface area (Å²) >= 11 is 0. The molecule has 0 unspecified atom stereocenters. The zero-order chi connectivity index (χ0) is 16.6. The average Bonchev–Trinajstić information content (AvgIpc) is 2.89. The molecule has 0 aliphatic carbocycles. The Kier molecular flexibility index (Phi) is 3.69. The van der Waals surface area contributed by atoms with Gasteiger partial charge in [-0.25, -0.2) is 9.37 Å². The molecular weight excluding hydrogens is 297 g/mol. The Labute approximate surface area is 132 Å². The third-order valence-corrected chi connectivity index (χ3v) is 3.73. The number of pyridine rings is 1. The summed E-state index contributed by atoms with van der Waals surface area (Å²) in [4.78, 5) is 20.0. The molecule has 118 valence electrons. The van der Waals surface area contributed by atoms with Gasteiger partial charge < -0.3 is 16.4 Å². The molecule has 2 aromatic rings. The second kappa shape index (κ2) is 5.68. The first-order valence-electron chi connectivity index (χ1n) is 7.09. The van der Waals surface area contributed by atoms with Crippen LogP contribution < -0.4 is 16.4 Å². The number of rotatable bonds is 4. The summed E-state index contributed by atoms with van der Waals surface area (Å²) < 4.78 is 13.8. The van der Waals surface area contributed by atoms with Crippen LogP contribution in [0.1, 0.15) is 28.4 Å². The van der Waals surface area contributed by atoms with Crippen molar-refractivity contribution in [3.8, 4) is 0 Å². The second-order valence-corrected chi connectivity index (χ2v) is 5.23. The van der Waals surface area contributed by atoms with Crippen molar-refractivity contribution in [3.05, 3.63) is 46.8 Å². The van der Waals surface area contributed by atoms with Gasteiger partial charge in [0, 0.05) is 24.0 Å². The van der Waals surface area contributed by atoms with E-state index in [2.05, 4.69) is 20.6 Å². The van der Waals surface area contributed by atoms with Crippen LogP contribution in [0.15, 0.2) is 29.3 Å². The van der Waals surface area contributed by atoms with Crippen molar-refractivity contribution in [1.82, 2.24) is 4.98 Å². The van der Waals surface area contributed by atoms with Gasteiger partial charge in [0.1, 0.15) is 5.82 Å². The number of aliphatic imine (C=N–C) groups is 1. The van der Waals surface area contributed by atoms with Gasteiger partial charge in [0.25, 0.3) is 5.91 Å². The Bertz CT molecular complexity index is 831. The van der Waals surface area contributed by atoms with Crippen molar-refractivity contribution < 1.29 is 9.18 Å². The van der Waals surface area contributed by atoms with Crippen LogP contribution in [-0.4, -0.2) is 23.7 Å². The van der Waals surface area contributed by atoms with Crippen molar-refractivity contribution in [2.75, 3.05) is 17.7 Å². The summed E-state index contributed by atoms with van der Waals surface area (Å²) in [6.45, 7) is 2.62. The maximum atomic E-state index is 13.8. The first-order valence-corrected chi connectivity index (χ1v) is 7.09. The van der Waals surface area contributed by atoms with Gasteiger partial charge in [-0.3, -0.25) is 9.79 Å². The van der Waals surface area contributed by atoms with Crippen molar-refractivity contribution in [1.29, 1.82) is 0 Å². The zero-order valence-electron chi connectivity index (χ0n) is 12.8. The molecule has 0 spiro atoms. The van der Waals surface area contributed by atoms with E-state index in [4.69, 9.17) is 5.73 Å². The number of carbonyl (C=O) groups is 1. The van der Waals surface area contributed by atoms with Crippen molar-refractivity contribution >= 4 is 28.9 Å². The lowest BCUT2D eigenvalue weighted by atomic mass is 10.1. The minimum Gasteiger partial charge on any atom is -0.371 e. The molecule has 7 heteroatoms. The highest BCUT2D eigenvalue weighted by Gasteiger charge is 2.17. The number of halogens is 1. The van der Waals surface area contributed by atoms with Gasteiger partial charge in [-0.1, -0.05) is 6.07 Å². The monoisotopic (exact) mass is 313 g/mol. The Morgan fingerprint density at radius 1 is 1.30 bits per heavy atom. The fourth-order valence-electron chi connectivity index (χ4n) is 2.50. The fourth-order valence-corrected chi connectivity index (χ4v) is 2.50. The molecule has 3 rings (SSSR count). The first kappa shape index (κ1) is 15.0. The molecule has 0 bridgehead atoms. The lowest BCUT2D eigenvalue weighted by Crippen LogP contribution is -2.16. The number of amides is 1. The summed E-state index contributed by atoms with van der Waals surface area (Å²) in [7, 11) is 1.55. The number of nitrogens with two attached hydrogens (primary N) is 1. The number of nitrogens with zero attached hydrogens (tertiary/aromatic N) is 2. The quantitative estimate of drug-likeness (QED) is 0.808. The van der Waals surface area contributed by atoms with Crippen LogP contribution >= 0.6 is 0 Å². The highest BCUT2D eigenvalue weighted by atomic mass is 19.1. The van der Waals surface area contributed by atoms with E-state index in [0.717, 1.165) is 28.6 Å². The number of nitrogens with one attached hydrogen (secondary N) is 2. The summed E-state index contributed by atoms with van der Waals surface area (Å²) in [6.07, 6.45) is 0. The summed E-state index contributed by atoms with van der Waals surface area (Å²) in [5.41, 5.74) is 9.19. The SMILES string of the molecule is CNc1nc(Nc2ccc3c(c2)C(C)=NC3)c(C(N)=O)cc1F. The number of anilines is 3. The van der Waals surface area contributed by atoms with Crippen molar-refractivity contribution in [3.63, 3.8) is 0 Å². The van der Waals surface area contributed by atoms with Gasteiger partial charge >= 0.3 is 0 Å². The fraction of sp³-hybridized carbons (Fsp3) is 0.188. The standard InChI is InChI=1S/C16H16FN5O/c1-8-11-5-10(4-3-9(11)7-20-8)21-15-12(14(18)23)6-13(17)16(19-2)22-15/h3-6H,7H2,1-2H3,(H2,18,23)(H2,19,21,22). The predicted octanol–water partition coefficient (Wildman–Crippen LogP) is 2.43. The molecule has 1 aromatic carbocycles. The lowest BCUT2D eigenvalue weighted by molar-refractivity contribution is 0.100. The molecule has 0 saturated heterocycles. The van der Waals surface area contributed by atoms with E-state index in [1.54, 1.807) is 7.05 Å². The number of aromatic nitrogens is 1. The Balaban J connectivity index is 2.01. The molecule has 2 heterocycles.